The number of rotatable bonds is 6. The van der Waals surface area contributed by atoms with Crippen molar-refractivity contribution in [3.8, 4) is 0 Å². The number of halogens is 2. The Morgan fingerprint density at radius 2 is 1.70 bits per heavy atom. The first-order valence-electron chi connectivity index (χ1n) is 9.67. The van der Waals surface area contributed by atoms with Crippen LogP contribution in [0.5, 0.6) is 0 Å². The largest absolute Gasteiger partial charge is 0.342 e. The van der Waals surface area contributed by atoms with E-state index in [2.05, 4.69) is 23.7 Å². The highest BCUT2D eigenvalue weighted by atomic mass is 35.5. The van der Waals surface area contributed by atoms with Crippen molar-refractivity contribution in [3.63, 3.8) is 0 Å². The minimum Gasteiger partial charge on any atom is -0.342 e. The van der Waals surface area contributed by atoms with Crippen LogP contribution in [0.3, 0.4) is 0 Å². The predicted octanol–water partition coefficient (Wildman–Crippen LogP) is 3.89. The van der Waals surface area contributed by atoms with Crippen LogP contribution in [0.1, 0.15) is 18.4 Å². The summed E-state index contributed by atoms with van der Waals surface area (Å²) in [5, 5.41) is 0.457. The van der Waals surface area contributed by atoms with E-state index < -0.39 is 10.0 Å². The van der Waals surface area contributed by atoms with Crippen LogP contribution in [0, 0.1) is 0 Å². The molecular formula is C21H25Cl2N3O3S. The fraction of sp³-hybridized carbons (Fsp3) is 0.381. The average Bonchev–Trinajstić information content (AvgIpc) is 2.71. The second kappa shape index (κ2) is 9.56. The fourth-order valence-corrected chi connectivity index (χ4v) is 4.91. The van der Waals surface area contributed by atoms with E-state index in [0.29, 0.717) is 18.2 Å². The van der Waals surface area contributed by atoms with Gasteiger partial charge in [-0.15, -0.1) is 0 Å². The summed E-state index contributed by atoms with van der Waals surface area (Å²) in [6.45, 7) is 1.53. The summed E-state index contributed by atoms with van der Waals surface area (Å²) in [7, 11) is 0.348. The minimum absolute atomic E-state index is 0.0253. The third-order valence-corrected chi connectivity index (χ3v) is 7.43. The zero-order valence-corrected chi connectivity index (χ0v) is 19.3. The molecule has 2 aromatic rings. The number of amides is 1. The topological polar surface area (TPSA) is 69.7 Å². The van der Waals surface area contributed by atoms with Crippen molar-refractivity contribution < 1.29 is 13.2 Å². The quantitative estimate of drug-likeness (QED) is 0.696. The lowest BCUT2D eigenvalue weighted by Crippen LogP contribution is -2.44. The molecule has 1 N–H and O–H groups in total. The molecule has 0 radical (unpaired) electrons. The number of sulfonamides is 1. The van der Waals surface area contributed by atoms with Crippen LogP contribution in [0.25, 0.3) is 0 Å². The lowest BCUT2D eigenvalue weighted by atomic mass is 10.0. The van der Waals surface area contributed by atoms with E-state index in [1.54, 1.807) is 24.3 Å². The van der Waals surface area contributed by atoms with Crippen molar-refractivity contribution in [1.29, 1.82) is 0 Å². The maximum Gasteiger partial charge on any atom is 0.261 e. The minimum atomic E-state index is -3.79. The van der Waals surface area contributed by atoms with Crippen LogP contribution in [0.15, 0.2) is 47.4 Å². The number of benzene rings is 2. The van der Waals surface area contributed by atoms with Crippen molar-refractivity contribution in [2.75, 3.05) is 31.9 Å². The molecule has 1 aliphatic rings. The molecule has 2 aromatic carbocycles. The van der Waals surface area contributed by atoms with E-state index in [1.807, 2.05) is 4.90 Å². The number of piperidine rings is 1. The van der Waals surface area contributed by atoms with Gasteiger partial charge in [0.05, 0.1) is 21.4 Å². The normalized spacial score (nSPS) is 15.4. The molecule has 0 aromatic heterocycles. The van der Waals surface area contributed by atoms with E-state index in [1.165, 1.54) is 18.2 Å². The van der Waals surface area contributed by atoms with E-state index in [-0.39, 0.29) is 20.8 Å². The van der Waals surface area contributed by atoms with E-state index in [9.17, 15) is 13.2 Å². The van der Waals surface area contributed by atoms with E-state index in [4.69, 9.17) is 23.2 Å². The Kier molecular flexibility index (Phi) is 7.29. The predicted molar refractivity (Wildman–Crippen MR) is 121 cm³/mol. The number of hydrogen-bond donors (Lipinski definition) is 1. The smallest absolute Gasteiger partial charge is 0.261 e. The van der Waals surface area contributed by atoms with Crippen LogP contribution in [-0.4, -0.2) is 57.4 Å². The number of likely N-dealkylation sites (tertiary alicyclic amines) is 1. The highest BCUT2D eigenvalue weighted by molar-refractivity contribution is 7.92. The van der Waals surface area contributed by atoms with Crippen molar-refractivity contribution in [2.45, 2.75) is 30.2 Å². The summed E-state index contributed by atoms with van der Waals surface area (Å²) >= 11 is 11.8. The van der Waals surface area contributed by atoms with Gasteiger partial charge in [0.1, 0.15) is 0 Å². The molecule has 1 aliphatic heterocycles. The lowest BCUT2D eigenvalue weighted by Gasteiger charge is -2.35. The Balaban J connectivity index is 1.59. The highest BCUT2D eigenvalue weighted by Gasteiger charge is 2.24. The van der Waals surface area contributed by atoms with Gasteiger partial charge in [0, 0.05) is 24.8 Å². The highest BCUT2D eigenvalue weighted by Crippen LogP contribution is 2.26. The Hall–Kier alpha value is -1.80. The Labute approximate surface area is 187 Å². The average molecular weight is 470 g/mol. The molecule has 0 bridgehead atoms. The summed E-state index contributed by atoms with van der Waals surface area (Å²) in [5.41, 5.74) is 1.25. The Morgan fingerprint density at radius 1 is 1.07 bits per heavy atom. The molecule has 1 amide bonds. The summed E-state index contributed by atoms with van der Waals surface area (Å²) in [5.74, 6) is 0.0938. The SMILES string of the molecule is CN(C)C1CCN(C(=O)Cc2ccc(NS(=O)(=O)c3ccc(Cl)c(Cl)c3)cc2)CC1. The molecule has 0 unspecified atom stereocenters. The molecule has 0 atom stereocenters. The van der Waals surface area contributed by atoms with Crippen LogP contribution in [0.2, 0.25) is 10.0 Å². The number of nitrogens with one attached hydrogen (secondary N) is 1. The molecule has 0 saturated carbocycles. The summed E-state index contributed by atoms with van der Waals surface area (Å²) in [6, 6.07) is 11.5. The third-order valence-electron chi connectivity index (χ3n) is 5.31. The molecule has 6 nitrogen and oxygen atoms in total. The van der Waals surface area contributed by atoms with Crippen LogP contribution < -0.4 is 4.72 Å². The van der Waals surface area contributed by atoms with Gasteiger partial charge in [0.25, 0.3) is 10.0 Å². The van der Waals surface area contributed by atoms with E-state index >= 15 is 0 Å². The van der Waals surface area contributed by atoms with Gasteiger partial charge in [-0.2, -0.15) is 0 Å². The van der Waals surface area contributed by atoms with Crippen LogP contribution in [-0.2, 0) is 21.2 Å². The number of carbonyl (C=O) groups excluding carboxylic acids is 1. The molecule has 30 heavy (non-hydrogen) atoms. The molecule has 1 fully saturated rings. The van der Waals surface area contributed by atoms with Crippen molar-refractivity contribution >= 4 is 44.8 Å². The maximum absolute atomic E-state index is 12.6. The molecular weight excluding hydrogens is 445 g/mol. The number of anilines is 1. The van der Waals surface area contributed by atoms with E-state index in [0.717, 1.165) is 31.5 Å². The van der Waals surface area contributed by atoms with Crippen LogP contribution in [0.4, 0.5) is 5.69 Å². The number of hydrogen-bond acceptors (Lipinski definition) is 4. The van der Waals surface area contributed by atoms with Gasteiger partial charge in [-0.05, 0) is 62.8 Å². The first-order valence-corrected chi connectivity index (χ1v) is 11.9. The summed E-state index contributed by atoms with van der Waals surface area (Å²) in [4.78, 5) is 16.7. The molecule has 162 valence electrons. The first kappa shape index (κ1) is 22.9. The molecule has 9 heteroatoms. The Bertz CT molecular complexity index is 1000. The van der Waals surface area contributed by atoms with Gasteiger partial charge < -0.3 is 9.80 Å². The van der Waals surface area contributed by atoms with Crippen molar-refractivity contribution in [1.82, 2.24) is 9.80 Å². The third kappa shape index (κ3) is 5.66. The molecule has 1 saturated heterocycles. The van der Waals surface area contributed by atoms with Gasteiger partial charge >= 0.3 is 0 Å². The van der Waals surface area contributed by atoms with Crippen LogP contribution >= 0.6 is 23.2 Å². The zero-order chi connectivity index (χ0) is 21.9. The standard InChI is InChI=1S/C21H25Cl2N3O3S/c1-25(2)17-9-11-26(12-10-17)21(27)13-15-3-5-16(6-4-15)24-30(28,29)18-7-8-19(22)20(23)14-18/h3-8,14,17,24H,9-13H2,1-2H3. The monoisotopic (exact) mass is 469 g/mol. The van der Waals surface area contributed by atoms with Crippen molar-refractivity contribution in [3.05, 3.63) is 58.1 Å². The zero-order valence-electron chi connectivity index (χ0n) is 16.9. The lowest BCUT2D eigenvalue weighted by molar-refractivity contribution is -0.131. The Morgan fingerprint density at radius 3 is 2.27 bits per heavy atom. The number of nitrogens with zero attached hydrogens (tertiary/aromatic N) is 2. The molecule has 0 aliphatic carbocycles. The molecule has 0 spiro atoms. The van der Waals surface area contributed by atoms with Gasteiger partial charge in [-0.3, -0.25) is 9.52 Å². The van der Waals surface area contributed by atoms with Crippen molar-refractivity contribution in [2.24, 2.45) is 0 Å². The number of carbonyl (C=O) groups is 1. The second-order valence-corrected chi connectivity index (χ2v) is 10.1. The second-order valence-electron chi connectivity index (χ2n) is 7.63. The van der Waals surface area contributed by atoms with Gasteiger partial charge in [0.2, 0.25) is 5.91 Å². The fourth-order valence-electron chi connectivity index (χ4n) is 3.47. The molecule has 1 heterocycles. The van der Waals surface area contributed by atoms with Gasteiger partial charge in [0.15, 0.2) is 0 Å². The van der Waals surface area contributed by atoms with Gasteiger partial charge in [-0.25, -0.2) is 8.42 Å². The first-order chi connectivity index (χ1) is 14.2. The van der Waals surface area contributed by atoms with Gasteiger partial charge in [-0.1, -0.05) is 35.3 Å². The summed E-state index contributed by atoms with van der Waals surface area (Å²) in [6.07, 6.45) is 2.26. The maximum atomic E-state index is 12.6. The summed E-state index contributed by atoms with van der Waals surface area (Å²) < 4.78 is 27.6. The molecule has 3 rings (SSSR count).